The van der Waals surface area contributed by atoms with Crippen LogP contribution in [0, 0.1) is 13.8 Å². The van der Waals surface area contributed by atoms with Gasteiger partial charge >= 0.3 is 0 Å². The Bertz CT molecular complexity index is 2300. The molecular weight excluding hydrogens is 599 g/mol. The van der Waals surface area contributed by atoms with Gasteiger partial charge in [-0.2, -0.15) is 4.57 Å². The van der Waals surface area contributed by atoms with Crippen molar-refractivity contribution in [1.29, 1.82) is 0 Å². The van der Waals surface area contributed by atoms with Crippen LogP contribution in [-0.4, -0.2) is 16.7 Å². The van der Waals surface area contributed by atoms with E-state index in [4.69, 9.17) is 21.0 Å². The second-order valence-electron chi connectivity index (χ2n) is 13.9. The summed E-state index contributed by atoms with van der Waals surface area (Å²) < 4.78 is 8.94. The standard InChI is InChI=1S/C45H44N3O/c1-7-30(8-2)31-21-22-48-29(6)23-41-35(33-15-10-11-16-34(33)39(9-3)46-41)18-17-32-25-43-38(26-37(32)42(48)24-31)36-19-20-40(47-45(36)49-43)44-27(4)13-12-14-28(44)5/h9-16,19-22,24-26,30,35,41H,3,6-8,17-18,23H2,1-2,4-5H3/q+1. The molecule has 0 radical (unpaired) electrons. The topological polar surface area (TPSA) is 42.3 Å². The van der Waals surface area contributed by atoms with Gasteiger partial charge in [-0.25, -0.2) is 4.98 Å². The van der Waals surface area contributed by atoms with Crippen molar-refractivity contribution in [3.05, 3.63) is 138 Å². The molecule has 5 heterocycles. The van der Waals surface area contributed by atoms with Crippen LogP contribution >= 0.6 is 0 Å². The van der Waals surface area contributed by atoms with Crippen LogP contribution in [0.25, 0.3) is 50.3 Å². The first-order chi connectivity index (χ1) is 23.9. The first-order valence-corrected chi connectivity index (χ1v) is 17.8. The van der Waals surface area contributed by atoms with E-state index in [9.17, 15) is 0 Å². The number of aliphatic imine (C=N–C) groups is 1. The van der Waals surface area contributed by atoms with Gasteiger partial charge < -0.3 is 4.42 Å². The number of rotatable bonds is 5. The normalized spacial score (nSPS) is 17.3. The maximum Gasteiger partial charge on any atom is 0.227 e. The second-order valence-corrected chi connectivity index (χ2v) is 13.9. The van der Waals surface area contributed by atoms with Crippen molar-refractivity contribution < 1.29 is 8.98 Å². The molecule has 0 amide bonds. The Morgan fingerprint density at radius 2 is 1.71 bits per heavy atom. The van der Waals surface area contributed by atoms with E-state index in [1.807, 2.05) is 6.08 Å². The maximum absolute atomic E-state index is 6.62. The highest BCUT2D eigenvalue weighted by Crippen LogP contribution is 2.42. The zero-order valence-electron chi connectivity index (χ0n) is 29.1. The molecule has 2 unspecified atom stereocenters. The molecule has 2 atom stereocenters. The van der Waals surface area contributed by atoms with E-state index in [-0.39, 0.29) is 12.0 Å². The van der Waals surface area contributed by atoms with E-state index in [1.54, 1.807) is 0 Å². The average molecular weight is 643 g/mol. The van der Waals surface area contributed by atoms with Crippen LogP contribution in [0.4, 0.5) is 0 Å². The summed E-state index contributed by atoms with van der Waals surface area (Å²) in [6.45, 7) is 17.7. The molecule has 0 spiro atoms. The Labute approximate surface area is 289 Å². The number of allylic oxidation sites excluding steroid dienone is 1. The van der Waals surface area contributed by atoms with Gasteiger partial charge in [-0.1, -0.05) is 62.9 Å². The van der Waals surface area contributed by atoms with Gasteiger partial charge in [0.1, 0.15) is 5.58 Å². The fourth-order valence-electron chi connectivity index (χ4n) is 8.51. The lowest BCUT2D eigenvalue weighted by atomic mass is 9.78. The molecule has 4 nitrogen and oxygen atoms in total. The van der Waals surface area contributed by atoms with Crippen LogP contribution in [0.2, 0.25) is 0 Å². The van der Waals surface area contributed by atoms with Crippen molar-refractivity contribution in [2.75, 3.05) is 0 Å². The van der Waals surface area contributed by atoms with Crippen molar-refractivity contribution in [2.45, 2.75) is 77.7 Å². The van der Waals surface area contributed by atoms with Gasteiger partial charge in [-0.05, 0) is 110 Å². The number of furan rings is 1. The molecule has 2 aliphatic rings. The third-order valence-corrected chi connectivity index (χ3v) is 11.1. The van der Waals surface area contributed by atoms with Gasteiger partial charge in [0.15, 0.2) is 11.9 Å². The van der Waals surface area contributed by atoms with E-state index in [1.165, 1.54) is 50.2 Å². The summed E-state index contributed by atoms with van der Waals surface area (Å²) >= 11 is 0. The molecule has 0 saturated carbocycles. The van der Waals surface area contributed by atoms with Gasteiger partial charge in [0.25, 0.3) is 0 Å². The fourth-order valence-corrected chi connectivity index (χ4v) is 8.51. The van der Waals surface area contributed by atoms with Crippen LogP contribution in [0.15, 0.2) is 114 Å². The second kappa shape index (κ2) is 12.4. The molecule has 8 rings (SSSR count). The van der Waals surface area contributed by atoms with Gasteiger partial charge in [-0.3, -0.25) is 4.99 Å². The summed E-state index contributed by atoms with van der Waals surface area (Å²) in [5.74, 6) is 0.770. The third kappa shape index (κ3) is 5.25. The predicted octanol–water partition coefficient (Wildman–Crippen LogP) is 11.1. The highest BCUT2D eigenvalue weighted by atomic mass is 16.3. The van der Waals surface area contributed by atoms with Gasteiger partial charge in [0.05, 0.1) is 29.4 Å². The van der Waals surface area contributed by atoms with Crippen molar-refractivity contribution >= 4 is 33.5 Å². The van der Waals surface area contributed by atoms with Crippen molar-refractivity contribution in [3.63, 3.8) is 0 Å². The van der Waals surface area contributed by atoms with Crippen molar-refractivity contribution in [3.8, 4) is 22.5 Å². The minimum atomic E-state index is 0.0819. The van der Waals surface area contributed by atoms with Gasteiger partial charge in [-0.15, -0.1) is 0 Å². The quantitative estimate of drug-likeness (QED) is 0.176. The van der Waals surface area contributed by atoms with E-state index < -0.39 is 0 Å². The summed E-state index contributed by atoms with van der Waals surface area (Å²) in [6, 6.07) is 28.9. The van der Waals surface area contributed by atoms with Crippen LogP contribution in [0.3, 0.4) is 0 Å². The number of benzene rings is 3. The summed E-state index contributed by atoms with van der Waals surface area (Å²) in [5, 5.41) is 2.14. The Balaban J connectivity index is 1.34. The monoisotopic (exact) mass is 642 g/mol. The Morgan fingerprint density at radius 3 is 2.49 bits per heavy atom. The van der Waals surface area contributed by atoms with E-state index in [0.29, 0.717) is 11.6 Å². The van der Waals surface area contributed by atoms with E-state index in [2.05, 4.69) is 124 Å². The molecule has 49 heavy (non-hydrogen) atoms. The molecule has 0 aliphatic carbocycles. The largest absolute Gasteiger partial charge is 0.438 e. The molecule has 0 saturated heterocycles. The lowest BCUT2D eigenvalue weighted by Crippen LogP contribution is -2.38. The molecule has 0 fully saturated rings. The highest BCUT2D eigenvalue weighted by Gasteiger charge is 2.35. The minimum absolute atomic E-state index is 0.0819. The highest BCUT2D eigenvalue weighted by molar-refractivity contribution is 6.10. The number of fused-ring (bicyclic) bond motifs is 9. The number of pyridine rings is 2. The fraction of sp³-hybridized carbons (Fsp3) is 0.267. The van der Waals surface area contributed by atoms with Crippen molar-refractivity contribution in [1.82, 2.24) is 4.98 Å². The molecule has 6 aromatic rings. The molecule has 0 bridgehead atoms. The molecule has 0 N–H and O–H groups in total. The van der Waals surface area contributed by atoms with Gasteiger partial charge in [0, 0.05) is 39.9 Å². The number of aryl methyl sites for hydroxylation is 3. The summed E-state index contributed by atoms with van der Waals surface area (Å²) in [7, 11) is 0. The Hall–Kier alpha value is -5.09. The number of aromatic nitrogens is 2. The Kier molecular flexibility index (Phi) is 7.90. The SMILES string of the molecule is C=CC1=NC2CC(=C)[n+]3ccc(C(CC)CC)cc3-c3cc4c(cc3CCC2c2ccccc21)oc1nc(-c2c(C)cccc2C)ccc14. The molecule has 3 aromatic carbocycles. The minimum Gasteiger partial charge on any atom is -0.438 e. The summed E-state index contributed by atoms with van der Waals surface area (Å²) in [4.78, 5) is 10.4. The van der Waals surface area contributed by atoms with Crippen molar-refractivity contribution in [2.24, 2.45) is 4.99 Å². The number of hydrogen-bond donors (Lipinski definition) is 0. The first kappa shape index (κ1) is 31.2. The zero-order valence-corrected chi connectivity index (χ0v) is 29.1. The Morgan fingerprint density at radius 1 is 0.918 bits per heavy atom. The van der Waals surface area contributed by atoms with E-state index in [0.717, 1.165) is 65.6 Å². The smallest absolute Gasteiger partial charge is 0.227 e. The van der Waals surface area contributed by atoms with Crippen LogP contribution in [-0.2, 0) is 6.42 Å². The first-order valence-electron chi connectivity index (χ1n) is 17.8. The predicted molar refractivity (Wildman–Crippen MR) is 203 cm³/mol. The lowest BCUT2D eigenvalue weighted by molar-refractivity contribution is -0.571. The molecule has 4 heteroatoms. The van der Waals surface area contributed by atoms with Crippen LogP contribution in [0.5, 0.6) is 0 Å². The summed E-state index contributed by atoms with van der Waals surface area (Å²) in [5.41, 5.74) is 15.8. The summed E-state index contributed by atoms with van der Waals surface area (Å²) in [6.07, 6.45) is 9.02. The van der Waals surface area contributed by atoms with Gasteiger partial charge in [0.2, 0.25) is 11.4 Å². The zero-order chi connectivity index (χ0) is 33.8. The number of hydrogen-bond acceptors (Lipinski definition) is 3. The van der Waals surface area contributed by atoms with Crippen LogP contribution in [0.1, 0.15) is 84.7 Å². The molecule has 3 aromatic heterocycles. The lowest BCUT2D eigenvalue weighted by Gasteiger charge is -2.32. The molecular formula is C45H44N3O+. The van der Waals surface area contributed by atoms with Crippen LogP contribution < -0.4 is 4.57 Å². The maximum atomic E-state index is 6.62. The average Bonchev–Trinajstić information content (AvgIpc) is 3.47. The third-order valence-electron chi connectivity index (χ3n) is 11.1. The molecule has 2 aliphatic heterocycles. The molecule has 244 valence electrons. The number of nitrogens with zero attached hydrogens (tertiary/aromatic N) is 3. The van der Waals surface area contributed by atoms with E-state index >= 15 is 0 Å².